The average Bonchev–Trinajstić information content (AvgIpc) is 2.63. The molecule has 0 amide bonds. The number of benzene rings is 3. The highest BCUT2D eigenvalue weighted by Crippen LogP contribution is 2.27. The van der Waals surface area contributed by atoms with Crippen LogP contribution in [-0.4, -0.2) is 22.9 Å². The highest BCUT2D eigenvalue weighted by Gasteiger charge is 2.14. The Morgan fingerprint density at radius 3 is 2.40 bits per heavy atom. The monoisotopic (exact) mass is 335 g/mol. The molecule has 0 bridgehead atoms. The minimum Gasteiger partial charge on any atom is -0.508 e. The molecule has 0 aliphatic heterocycles. The summed E-state index contributed by atoms with van der Waals surface area (Å²) in [4.78, 5) is 0. The molecular weight excluding hydrogens is 310 g/mol. The number of phenols is 1. The third-order valence-electron chi connectivity index (χ3n) is 4.60. The van der Waals surface area contributed by atoms with Crippen molar-refractivity contribution in [2.45, 2.75) is 31.9 Å². The normalized spacial score (nSPS) is 13.7. The molecule has 25 heavy (non-hydrogen) atoms. The van der Waals surface area contributed by atoms with Gasteiger partial charge in [-0.15, -0.1) is 0 Å². The molecule has 3 aromatic carbocycles. The maximum Gasteiger partial charge on any atom is 0.120 e. The Labute approximate surface area is 148 Å². The Balaban J connectivity index is 1.73. The van der Waals surface area contributed by atoms with Gasteiger partial charge in [0.2, 0.25) is 0 Å². The largest absolute Gasteiger partial charge is 0.508 e. The van der Waals surface area contributed by atoms with E-state index in [0.29, 0.717) is 18.7 Å². The summed E-state index contributed by atoms with van der Waals surface area (Å²) in [6, 6.07) is 22.0. The first-order valence-electron chi connectivity index (χ1n) is 8.78. The van der Waals surface area contributed by atoms with Crippen molar-refractivity contribution in [1.82, 2.24) is 5.32 Å². The Morgan fingerprint density at radius 2 is 1.64 bits per heavy atom. The molecule has 3 heteroatoms. The summed E-state index contributed by atoms with van der Waals surface area (Å²) in [6.07, 6.45) is 0.358. The van der Waals surface area contributed by atoms with Crippen molar-refractivity contribution < 1.29 is 10.2 Å². The molecule has 0 radical (unpaired) electrons. The lowest BCUT2D eigenvalue weighted by atomic mass is 9.93. The van der Waals surface area contributed by atoms with Crippen molar-refractivity contribution in [2.75, 3.05) is 6.54 Å². The topological polar surface area (TPSA) is 52.5 Å². The van der Waals surface area contributed by atoms with Crippen LogP contribution in [0.4, 0.5) is 0 Å². The van der Waals surface area contributed by atoms with Gasteiger partial charge in [0.25, 0.3) is 0 Å². The minimum atomic E-state index is -0.349. The first-order chi connectivity index (χ1) is 12.1. The van der Waals surface area contributed by atoms with Crippen LogP contribution in [0.25, 0.3) is 10.8 Å². The number of aliphatic hydroxyl groups is 1. The lowest BCUT2D eigenvalue weighted by molar-refractivity contribution is 0.173. The third kappa shape index (κ3) is 4.38. The smallest absolute Gasteiger partial charge is 0.120 e. The highest BCUT2D eigenvalue weighted by atomic mass is 16.3. The molecule has 3 aromatic rings. The Hall–Kier alpha value is -2.36. The van der Waals surface area contributed by atoms with E-state index in [1.165, 1.54) is 5.56 Å². The third-order valence-corrected chi connectivity index (χ3v) is 4.60. The predicted octanol–water partition coefficient (Wildman–Crippen LogP) is 4.19. The van der Waals surface area contributed by atoms with E-state index in [-0.39, 0.29) is 12.0 Å². The zero-order valence-corrected chi connectivity index (χ0v) is 14.5. The summed E-state index contributed by atoms with van der Waals surface area (Å²) in [6.45, 7) is 3.17. The minimum absolute atomic E-state index is 0.235. The SMILES string of the molecule is CC(O)CC(CNCc1c(O)ccc2ccccc12)c1ccccc1. The van der Waals surface area contributed by atoms with E-state index in [0.717, 1.165) is 22.9 Å². The van der Waals surface area contributed by atoms with Gasteiger partial charge in [-0.3, -0.25) is 0 Å². The standard InChI is InChI=1S/C22H25NO2/c1-16(24)13-19(17-7-3-2-4-8-17)14-23-15-21-20-10-6-5-9-18(20)11-12-22(21)25/h2-12,16,19,23-25H,13-15H2,1H3. The molecule has 0 spiro atoms. The maximum absolute atomic E-state index is 10.3. The van der Waals surface area contributed by atoms with Gasteiger partial charge in [0.05, 0.1) is 6.10 Å². The second-order valence-electron chi connectivity index (χ2n) is 6.61. The van der Waals surface area contributed by atoms with Crippen LogP contribution in [-0.2, 0) is 6.54 Å². The van der Waals surface area contributed by atoms with Gasteiger partial charge in [-0.25, -0.2) is 0 Å². The molecule has 0 saturated carbocycles. The number of hydrogen-bond donors (Lipinski definition) is 3. The number of hydrogen-bond acceptors (Lipinski definition) is 3. The van der Waals surface area contributed by atoms with E-state index in [9.17, 15) is 10.2 Å². The van der Waals surface area contributed by atoms with Crippen LogP contribution >= 0.6 is 0 Å². The van der Waals surface area contributed by atoms with Gasteiger partial charge in [0.15, 0.2) is 0 Å². The lowest BCUT2D eigenvalue weighted by Gasteiger charge is -2.20. The molecule has 3 N–H and O–H groups in total. The molecule has 0 aliphatic rings. The number of phenolic OH excluding ortho intramolecular Hbond substituents is 1. The van der Waals surface area contributed by atoms with Crippen molar-refractivity contribution in [3.05, 3.63) is 77.9 Å². The van der Waals surface area contributed by atoms with Gasteiger partial charge >= 0.3 is 0 Å². The van der Waals surface area contributed by atoms with Crippen LogP contribution in [0.5, 0.6) is 5.75 Å². The molecule has 130 valence electrons. The van der Waals surface area contributed by atoms with Crippen LogP contribution in [0.3, 0.4) is 0 Å². The van der Waals surface area contributed by atoms with Crippen LogP contribution in [0, 0.1) is 0 Å². The van der Waals surface area contributed by atoms with Gasteiger partial charge in [0, 0.05) is 18.7 Å². The molecule has 0 aliphatic carbocycles. The molecule has 3 nitrogen and oxygen atoms in total. The molecule has 0 aromatic heterocycles. The molecule has 3 rings (SSSR count). The number of fused-ring (bicyclic) bond motifs is 1. The van der Waals surface area contributed by atoms with Gasteiger partial charge in [0.1, 0.15) is 5.75 Å². The quantitative estimate of drug-likeness (QED) is 0.607. The summed E-state index contributed by atoms with van der Waals surface area (Å²) < 4.78 is 0. The Morgan fingerprint density at radius 1 is 0.920 bits per heavy atom. The summed E-state index contributed by atoms with van der Waals surface area (Å²) in [7, 11) is 0. The second kappa shape index (κ2) is 8.15. The lowest BCUT2D eigenvalue weighted by Crippen LogP contribution is -2.24. The van der Waals surface area contributed by atoms with Crippen LogP contribution in [0.2, 0.25) is 0 Å². The van der Waals surface area contributed by atoms with Crippen molar-refractivity contribution in [3.63, 3.8) is 0 Å². The van der Waals surface area contributed by atoms with Gasteiger partial charge in [-0.05, 0) is 41.7 Å². The Kier molecular flexibility index (Phi) is 5.69. The second-order valence-corrected chi connectivity index (χ2v) is 6.61. The van der Waals surface area contributed by atoms with Gasteiger partial charge < -0.3 is 15.5 Å². The molecule has 2 unspecified atom stereocenters. The first kappa shape index (κ1) is 17.5. The van der Waals surface area contributed by atoms with E-state index < -0.39 is 0 Å². The van der Waals surface area contributed by atoms with Crippen molar-refractivity contribution in [1.29, 1.82) is 0 Å². The van der Waals surface area contributed by atoms with E-state index in [1.807, 2.05) is 49.4 Å². The maximum atomic E-state index is 10.3. The fourth-order valence-electron chi connectivity index (χ4n) is 3.36. The van der Waals surface area contributed by atoms with Crippen molar-refractivity contribution >= 4 is 10.8 Å². The van der Waals surface area contributed by atoms with Gasteiger partial charge in [-0.1, -0.05) is 60.7 Å². The van der Waals surface area contributed by atoms with Crippen LogP contribution in [0.1, 0.15) is 30.4 Å². The van der Waals surface area contributed by atoms with E-state index in [1.54, 1.807) is 6.07 Å². The fraction of sp³-hybridized carbons (Fsp3) is 0.273. The van der Waals surface area contributed by atoms with E-state index in [2.05, 4.69) is 23.5 Å². The first-order valence-corrected chi connectivity index (χ1v) is 8.78. The van der Waals surface area contributed by atoms with Crippen molar-refractivity contribution in [3.8, 4) is 5.75 Å². The number of rotatable bonds is 7. The van der Waals surface area contributed by atoms with E-state index in [4.69, 9.17) is 0 Å². The number of aromatic hydroxyl groups is 1. The van der Waals surface area contributed by atoms with E-state index >= 15 is 0 Å². The molecule has 2 atom stereocenters. The highest BCUT2D eigenvalue weighted by molar-refractivity contribution is 5.87. The molecular formula is C22H25NO2. The number of aliphatic hydroxyl groups excluding tert-OH is 1. The zero-order chi connectivity index (χ0) is 17.6. The van der Waals surface area contributed by atoms with Gasteiger partial charge in [-0.2, -0.15) is 0 Å². The summed E-state index contributed by atoms with van der Waals surface area (Å²) in [5.41, 5.74) is 2.14. The fourth-order valence-corrected chi connectivity index (χ4v) is 3.36. The van der Waals surface area contributed by atoms with Crippen LogP contribution in [0.15, 0.2) is 66.7 Å². The molecule has 0 fully saturated rings. The zero-order valence-electron chi connectivity index (χ0n) is 14.5. The number of nitrogens with one attached hydrogen (secondary N) is 1. The Bertz CT molecular complexity index is 815. The van der Waals surface area contributed by atoms with Crippen LogP contribution < -0.4 is 5.32 Å². The summed E-state index contributed by atoms with van der Waals surface area (Å²) in [5.74, 6) is 0.552. The summed E-state index contributed by atoms with van der Waals surface area (Å²) >= 11 is 0. The summed E-state index contributed by atoms with van der Waals surface area (Å²) in [5, 5.41) is 25.7. The molecule has 0 heterocycles. The predicted molar refractivity (Wildman–Crippen MR) is 103 cm³/mol. The average molecular weight is 335 g/mol. The van der Waals surface area contributed by atoms with Crippen molar-refractivity contribution in [2.24, 2.45) is 0 Å². The molecule has 0 saturated heterocycles.